The summed E-state index contributed by atoms with van der Waals surface area (Å²) < 4.78 is 35.5. The number of nitrogens with zero attached hydrogens (tertiary/aromatic N) is 1. The maximum absolute atomic E-state index is 12.9. The average Bonchev–Trinajstić information content (AvgIpc) is 2.79. The van der Waals surface area contributed by atoms with Crippen LogP contribution < -0.4 is 20.1 Å². The molecule has 0 saturated heterocycles. The summed E-state index contributed by atoms with van der Waals surface area (Å²) in [5, 5.41) is 16.5. The van der Waals surface area contributed by atoms with Crippen LogP contribution in [-0.4, -0.2) is 31.6 Å². The number of nitro benzene ring substituents is 1. The number of ether oxygens (including phenoxy) is 2. The van der Waals surface area contributed by atoms with E-state index in [1.807, 2.05) is 0 Å². The molecule has 3 rings (SSSR count). The lowest BCUT2D eigenvalue weighted by Gasteiger charge is -2.15. The Morgan fingerprint density at radius 2 is 1.78 bits per heavy atom. The van der Waals surface area contributed by atoms with E-state index in [0.29, 0.717) is 22.6 Å². The number of alkyl halides is 2. The quantitative estimate of drug-likeness (QED) is 0.368. The van der Waals surface area contributed by atoms with E-state index in [1.165, 1.54) is 37.4 Å². The fourth-order valence-electron chi connectivity index (χ4n) is 3.05. The smallest absolute Gasteiger partial charge is 0.387 e. The molecule has 0 aliphatic heterocycles. The third kappa shape index (κ3) is 5.09. The van der Waals surface area contributed by atoms with E-state index in [9.17, 15) is 23.7 Å². The van der Waals surface area contributed by atoms with E-state index >= 15 is 0 Å². The highest BCUT2D eigenvalue weighted by molar-refractivity contribution is 6.08. The minimum Gasteiger partial charge on any atom is -0.497 e. The summed E-state index contributed by atoms with van der Waals surface area (Å²) in [6.07, 6.45) is 0. The molecule has 0 aromatic heterocycles. The first-order valence-electron chi connectivity index (χ1n) is 9.33. The topological polar surface area (TPSA) is 103 Å². The summed E-state index contributed by atoms with van der Waals surface area (Å²) in [4.78, 5) is 23.3. The molecule has 0 unspecified atom stereocenters. The van der Waals surface area contributed by atoms with Gasteiger partial charge in [0.1, 0.15) is 11.5 Å². The highest BCUT2D eigenvalue weighted by Crippen LogP contribution is 2.35. The van der Waals surface area contributed by atoms with Crippen molar-refractivity contribution >= 4 is 23.0 Å². The van der Waals surface area contributed by atoms with Gasteiger partial charge >= 0.3 is 6.61 Å². The van der Waals surface area contributed by atoms with Gasteiger partial charge in [0.2, 0.25) is 0 Å². The van der Waals surface area contributed by atoms with Crippen molar-refractivity contribution in [3.8, 4) is 22.6 Å². The van der Waals surface area contributed by atoms with E-state index in [4.69, 9.17) is 4.74 Å². The average molecular weight is 443 g/mol. The van der Waals surface area contributed by atoms with Crippen molar-refractivity contribution in [2.75, 3.05) is 24.8 Å². The molecule has 3 aromatic carbocycles. The van der Waals surface area contributed by atoms with Gasteiger partial charge in [0, 0.05) is 36.1 Å². The monoisotopic (exact) mass is 443 g/mol. The van der Waals surface area contributed by atoms with Gasteiger partial charge in [-0.15, -0.1) is 0 Å². The van der Waals surface area contributed by atoms with Gasteiger partial charge in [-0.05, 0) is 42.0 Å². The third-order valence-electron chi connectivity index (χ3n) is 4.58. The van der Waals surface area contributed by atoms with Crippen molar-refractivity contribution < 1.29 is 28.0 Å². The molecule has 0 bridgehead atoms. The zero-order chi connectivity index (χ0) is 23.3. The molecule has 166 valence electrons. The highest BCUT2D eigenvalue weighted by atomic mass is 19.3. The molecule has 3 aromatic rings. The number of non-ortho nitro benzene ring substituents is 1. The second-order valence-electron chi connectivity index (χ2n) is 6.51. The molecular formula is C22H19F2N3O5. The Labute approximate surface area is 181 Å². The number of hydrogen-bond acceptors (Lipinski definition) is 6. The first-order valence-corrected chi connectivity index (χ1v) is 9.33. The fourth-order valence-corrected chi connectivity index (χ4v) is 3.05. The Bertz CT molecular complexity index is 1140. The van der Waals surface area contributed by atoms with Crippen molar-refractivity contribution in [3.63, 3.8) is 0 Å². The van der Waals surface area contributed by atoms with Gasteiger partial charge in [-0.2, -0.15) is 8.78 Å². The number of carbonyl (C=O) groups is 1. The number of amides is 1. The van der Waals surface area contributed by atoms with Gasteiger partial charge in [-0.3, -0.25) is 14.9 Å². The second kappa shape index (κ2) is 9.73. The molecule has 1 amide bonds. The summed E-state index contributed by atoms with van der Waals surface area (Å²) >= 11 is 0. The van der Waals surface area contributed by atoms with Gasteiger partial charge in [0.05, 0.1) is 17.6 Å². The fraction of sp³-hybridized carbons (Fsp3) is 0.136. The molecule has 2 N–H and O–H groups in total. The Morgan fingerprint density at radius 3 is 2.38 bits per heavy atom. The van der Waals surface area contributed by atoms with Crippen molar-refractivity contribution in [1.29, 1.82) is 0 Å². The highest BCUT2D eigenvalue weighted by Gasteiger charge is 2.18. The standard InChI is InChI=1S/C22H19F2N3O5/c1-25-19-9-6-15(27(29)30)12-18(19)21(28)26-14-5-10-20(32-22(23)24)17(11-14)13-3-7-16(31-2)8-4-13/h3-12,22,25H,1-2H3,(H,26,28). The number of methoxy groups -OCH3 is 1. The van der Waals surface area contributed by atoms with Crippen molar-refractivity contribution in [3.05, 3.63) is 76.3 Å². The molecule has 0 aliphatic carbocycles. The zero-order valence-corrected chi connectivity index (χ0v) is 17.1. The van der Waals surface area contributed by atoms with E-state index < -0.39 is 17.4 Å². The number of carbonyl (C=O) groups excluding carboxylic acids is 1. The molecule has 10 heteroatoms. The van der Waals surface area contributed by atoms with Gasteiger partial charge < -0.3 is 20.1 Å². The molecule has 8 nitrogen and oxygen atoms in total. The summed E-state index contributed by atoms with van der Waals surface area (Å²) in [5.41, 5.74) is 1.37. The normalized spacial score (nSPS) is 10.5. The summed E-state index contributed by atoms with van der Waals surface area (Å²) in [6, 6.07) is 14.7. The van der Waals surface area contributed by atoms with Gasteiger partial charge in [-0.25, -0.2) is 0 Å². The van der Waals surface area contributed by atoms with Crippen molar-refractivity contribution in [2.45, 2.75) is 6.61 Å². The van der Waals surface area contributed by atoms with Crippen molar-refractivity contribution in [1.82, 2.24) is 0 Å². The van der Waals surface area contributed by atoms with Crippen molar-refractivity contribution in [2.24, 2.45) is 0 Å². The van der Waals surface area contributed by atoms with Crippen LogP contribution in [0.3, 0.4) is 0 Å². The molecule has 0 heterocycles. The maximum Gasteiger partial charge on any atom is 0.387 e. The van der Waals surface area contributed by atoms with E-state index in [0.717, 1.165) is 6.07 Å². The summed E-state index contributed by atoms with van der Waals surface area (Å²) in [7, 11) is 3.08. The number of halogens is 2. The SMILES string of the molecule is CNc1ccc([N+](=O)[O-])cc1C(=O)Nc1ccc(OC(F)F)c(-c2ccc(OC)cc2)c1. The molecule has 0 aliphatic rings. The lowest BCUT2D eigenvalue weighted by atomic mass is 10.0. The lowest BCUT2D eigenvalue weighted by molar-refractivity contribution is -0.384. The number of nitrogens with one attached hydrogen (secondary N) is 2. The lowest BCUT2D eigenvalue weighted by Crippen LogP contribution is -2.14. The van der Waals surface area contributed by atoms with Gasteiger partial charge in [0.25, 0.3) is 11.6 Å². The predicted molar refractivity (Wildman–Crippen MR) is 116 cm³/mol. The Kier molecular flexibility index (Phi) is 6.83. The maximum atomic E-state index is 12.9. The van der Waals surface area contributed by atoms with Crippen LogP contribution in [0, 0.1) is 10.1 Å². The van der Waals surface area contributed by atoms with E-state index in [1.54, 1.807) is 31.3 Å². The molecule has 32 heavy (non-hydrogen) atoms. The van der Waals surface area contributed by atoms with Crippen LogP contribution in [0.5, 0.6) is 11.5 Å². The molecular weight excluding hydrogens is 424 g/mol. The predicted octanol–water partition coefficient (Wildman–Crippen LogP) is 5.17. The van der Waals surface area contributed by atoms with Crippen LogP contribution in [0.25, 0.3) is 11.1 Å². The van der Waals surface area contributed by atoms with Gasteiger partial charge in [-0.1, -0.05) is 12.1 Å². The largest absolute Gasteiger partial charge is 0.497 e. The van der Waals surface area contributed by atoms with Crippen LogP contribution in [0.2, 0.25) is 0 Å². The molecule has 0 saturated carbocycles. The van der Waals surface area contributed by atoms with E-state index in [2.05, 4.69) is 15.4 Å². The second-order valence-corrected chi connectivity index (χ2v) is 6.51. The number of hydrogen-bond donors (Lipinski definition) is 2. The molecule has 0 radical (unpaired) electrons. The molecule has 0 spiro atoms. The first kappa shape index (κ1) is 22.5. The number of anilines is 2. The zero-order valence-electron chi connectivity index (χ0n) is 17.1. The van der Waals surface area contributed by atoms with Gasteiger partial charge in [0.15, 0.2) is 0 Å². The van der Waals surface area contributed by atoms with Crippen LogP contribution in [0.1, 0.15) is 10.4 Å². The summed E-state index contributed by atoms with van der Waals surface area (Å²) in [5.74, 6) is -0.101. The number of nitro groups is 1. The Morgan fingerprint density at radius 1 is 1.06 bits per heavy atom. The first-order chi connectivity index (χ1) is 15.3. The Balaban J connectivity index is 1.97. The minimum absolute atomic E-state index is 0.0561. The molecule has 0 fully saturated rings. The van der Waals surface area contributed by atoms with Crippen LogP contribution in [-0.2, 0) is 0 Å². The number of benzene rings is 3. The minimum atomic E-state index is -3.03. The Hall–Kier alpha value is -4.21. The number of rotatable bonds is 8. The van der Waals surface area contributed by atoms with Crippen LogP contribution >= 0.6 is 0 Å². The van der Waals surface area contributed by atoms with Crippen LogP contribution in [0.4, 0.5) is 25.8 Å². The van der Waals surface area contributed by atoms with E-state index in [-0.39, 0.29) is 22.7 Å². The molecule has 0 atom stereocenters. The summed E-state index contributed by atoms with van der Waals surface area (Å²) in [6.45, 7) is -3.03. The van der Waals surface area contributed by atoms with Crippen LogP contribution in [0.15, 0.2) is 60.7 Å². The third-order valence-corrected chi connectivity index (χ3v) is 4.58.